The SMILES string of the molecule is CC(C)(C(=O)NCc1ccc(Cl)c(-c2nc(-c3cccc(OCC(F)(F)F)c3)nc(=O)[nH]2)c1)C(F)(F)F. The lowest BCUT2D eigenvalue weighted by Crippen LogP contribution is -2.46. The average Bonchev–Trinajstić information content (AvgIpc) is 2.80. The number of nitrogens with one attached hydrogen (secondary N) is 2. The first kappa shape index (κ1) is 28.0. The summed E-state index contributed by atoms with van der Waals surface area (Å²) in [6.07, 6.45) is -9.30. The van der Waals surface area contributed by atoms with E-state index in [-0.39, 0.29) is 40.1 Å². The van der Waals surface area contributed by atoms with Crippen LogP contribution in [0.3, 0.4) is 0 Å². The molecular formula is C23H19ClF6N4O3. The number of hydrogen-bond acceptors (Lipinski definition) is 5. The fourth-order valence-electron chi connectivity index (χ4n) is 2.93. The zero-order valence-electron chi connectivity index (χ0n) is 19.2. The Balaban J connectivity index is 1.89. The summed E-state index contributed by atoms with van der Waals surface area (Å²) in [5.41, 5.74) is -2.75. The van der Waals surface area contributed by atoms with E-state index < -0.39 is 36.0 Å². The fourth-order valence-corrected chi connectivity index (χ4v) is 3.13. The van der Waals surface area contributed by atoms with Gasteiger partial charge in [0.2, 0.25) is 5.91 Å². The first-order chi connectivity index (χ1) is 17.1. The van der Waals surface area contributed by atoms with Crippen molar-refractivity contribution in [1.29, 1.82) is 0 Å². The molecule has 0 fully saturated rings. The maximum absolute atomic E-state index is 13.1. The Hall–Kier alpha value is -3.61. The van der Waals surface area contributed by atoms with Gasteiger partial charge >= 0.3 is 18.0 Å². The van der Waals surface area contributed by atoms with E-state index in [1.807, 2.05) is 0 Å². The van der Waals surface area contributed by atoms with E-state index in [1.165, 1.54) is 42.5 Å². The maximum atomic E-state index is 13.1. The Bertz CT molecular complexity index is 1360. The fraction of sp³-hybridized carbons (Fsp3) is 0.304. The molecule has 0 spiro atoms. The Morgan fingerprint density at radius 2 is 1.76 bits per heavy atom. The highest BCUT2D eigenvalue weighted by atomic mass is 35.5. The molecular weight excluding hydrogens is 530 g/mol. The Kier molecular flexibility index (Phi) is 7.86. The van der Waals surface area contributed by atoms with Gasteiger partial charge in [0.05, 0.1) is 5.02 Å². The molecule has 1 amide bonds. The first-order valence-corrected chi connectivity index (χ1v) is 10.9. The smallest absolute Gasteiger partial charge is 0.422 e. The van der Waals surface area contributed by atoms with Crippen molar-refractivity contribution in [3.63, 3.8) is 0 Å². The van der Waals surface area contributed by atoms with Gasteiger partial charge in [-0.2, -0.15) is 31.3 Å². The van der Waals surface area contributed by atoms with E-state index in [1.54, 1.807) is 0 Å². The number of ether oxygens (including phenoxy) is 1. The van der Waals surface area contributed by atoms with Gasteiger partial charge in [-0.25, -0.2) is 9.78 Å². The minimum absolute atomic E-state index is 0.0644. The number of halogens is 7. The number of aromatic amines is 1. The van der Waals surface area contributed by atoms with Gasteiger partial charge in [-0.15, -0.1) is 0 Å². The van der Waals surface area contributed by atoms with Crippen LogP contribution in [0.5, 0.6) is 5.75 Å². The van der Waals surface area contributed by atoms with E-state index in [2.05, 4.69) is 20.3 Å². The predicted molar refractivity (Wildman–Crippen MR) is 122 cm³/mol. The van der Waals surface area contributed by atoms with Gasteiger partial charge in [0, 0.05) is 17.7 Å². The lowest BCUT2D eigenvalue weighted by molar-refractivity contribution is -0.211. The highest BCUT2D eigenvalue weighted by molar-refractivity contribution is 6.33. The molecule has 3 aromatic rings. The number of carbonyl (C=O) groups excluding carboxylic acids is 1. The molecule has 0 aliphatic carbocycles. The third-order valence-corrected chi connectivity index (χ3v) is 5.49. The quantitative estimate of drug-likeness (QED) is 0.391. The van der Waals surface area contributed by atoms with Crippen molar-refractivity contribution in [3.05, 3.63) is 63.5 Å². The van der Waals surface area contributed by atoms with Crippen molar-refractivity contribution >= 4 is 17.5 Å². The lowest BCUT2D eigenvalue weighted by Gasteiger charge is -2.26. The minimum atomic E-state index is -4.76. The molecule has 0 bridgehead atoms. The minimum Gasteiger partial charge on any atom is -0.484 e. The highest BCUT2D eigenvalue weighted by Gasteiger charge is 2.52. The average molecular weight is 549 g/mol. The zero-order valence-corrected chi connectivity index (χ0v) is 20.0. The summed E-state index contributed by atoms with van der Waals surface area (Å²) in [6, 6.07) is 9.64. The number of hydrogen-bond donors (Lipinski definition) is 2. The van der Waals surface area contributed by atoms with Crippen LogP contribution in [0.15, 0.2) is 47.3 Å². The van der Waals surface area contributed by atoms with Crippen LogP contribution in [-0.4, -0.2) is 39.8 Å². The Morgan fingerprint density at radius 3 is 2.41 bits per heavy atom. The number of carbonyl (C=O) groups is 1. The molecule has 37 heavy (non-hydrogen) atoms. The molecule has 0 atom stereocenters. The van der Waals surface area contributed by atoms with Gasteiger partial charge < -0.3 is 10.1 Å². The molecule has 0 saturated heterocycles. The molecule has 3 rings (SSSR count). The van der Waals surface area contributed by atoms with Crippen LogP contribution < -0.4 is 15.7 Å². The number of rotatable bonds is 7. The summed E-state index contributed by atoms with van der Waals surface area (Å²) >= 11 is 6.24. The third-order valence-electron chi connectivity index (χ3n) is 5.16. The Labute approximate surface area is 210 Å². The van der Waals surface area contributed by atoms with Crippen molar-refractivity contribution in [1.82, 2.24) is 20.3 Å². The molecule has 0 saturated carbocycles. The van der Waals surface area contributed by atoms with E-state index >= 15 is 0 Å². The molecule has 0 aliphatic heterocycles. The maximum Gasteiger partial charge on any atom is 0.422 e. The molecule has 0 aliphatic rings. The van der Waals surface area contributed by atoms with Gasteiger partial charge in [0.25, 0.3) is 0 Å². The standard InChI is InChI=1S/C23H19ClF6N4O3/c1-21(2,23(28,29)30)19(35)31-10-12-6-7-16(24)15(8-12)18-32-17(33-20(36)34-18)13-4-3-5-14(9-13)37-11-22(25,26)27/h3-9H,10-11H2,1-2H3,(H,31,35)(H,32,33,34,36). The normalized spacial score (nSPS) is 12.4. The highest BCUT2D eigenvalue weighted by Crippen LogP contribution is 2.37. The summed E-state index contributed by atoms with van der Waals surface area (Å²) in [5.74, 6) is -1.57. The molecule has 2 aromatic carbocycles. The molecule has 2 N–H and O–H groups in total. The summed E-state index contributed by atoms with van der Waals surface area (Å²) in [6.45, 7) is -0.280. The second-order valence-electron chi connectivity index (χ2n) is 8.38. The summed E-state index contributed by atoms with van der Waals surface area (Å²) in [5, 5.41) is 2.34. The number of nitrogens with zero attached hydrogens (tertiary/aromatic N) is 2. The summed E-state index contributed by atoms with van der Waals surface area (Å²) < 4.78 is 81.4. The van der Waals surface area contributed by atoms with Crippen LogP contribution in [0.1, 0.15) is 19.4 Å². The largest absolute Gasteiger partial charge is 0.484 e. The number of H-pyrrole nitrogens is 1. The van der Waals surface area contributed by atoms with Crippen LogP contribution in [0.4, 0.5) is 26.3 Å². The summed E-state index contributed by atoms with van der Waals surface area (Å²) in [7, 11) is 0. The molecule has 14 heteroatoms. The molecule has 0 radical (unpaired) electrons. The first-order valence-electron chi connectivity index (χ1n) is 10.5. The second kappa shape index (κ2) is 10.4. The van der Waals surface area contributed by atoms with Crippen molar-refractivity contribution in [2.75, 3.05) is 6.61 Å². The molecule has 7 nitrogen and oxygen atoms in total. The number of amides is 1. The van der Waals surface area contributed by atoms with Crippen molar-refractivity contribution in [2.24, 2.45) is 5.41 Å². The zero-order chi connectivity index (χ0) is 27.6. The predicted octanol–water partition coefficient (Wildman–Crippen LogP) is 5.30. The van der Waals surface area contributed by atoms with E-state index in [9.17, 15) is 35.9 Å². The van der Waals surface area contributed by atoms with Gasteiger partial charge in [-0.1, -0.05) is 29.8 Å². The third kappa shape index (κ3) is 7.00. The topological polar surface area (TPSA) is 97.0 Å². The van der Waals surface area contributed by atoms with Gasteiger partial charge in [-0.3, -0.25) is 9.78 Å². The van der Waals surface area contributed by atoms with Crippen molar-refractivity contribution < 1.29 is 35.9 Å². The molecule has 198 valence electrons. The van der Waals surface area contributed by atoms with Crippen LogP contribution in [0.25, 0.3) is 22.8 Å². The van der Waals surface area contributed by atoms with E-state index in [4.69, 9.17) is 16.3 Å². The Morgan fingerprint density at radius 1 is 1.05 bits per heavy atom. The van der Waals surface area contributed by atoms with Crippen molar-refractivity contribution in [2.45, 2.75) is 32.7 Å². The van der Waals surface area contributed by atoms with E-state index in [0.717, 1.165) is 13.8 Å². The van der Waals surface area contributed by atoms with Gasteiger partial charge in [0.1, 0.15) is 17.0 Å². The second-order valence-corrected chi connectivity index (χ2v) is 8.78. The van der Waals surface area contributed by atoms with E-state index in [0.29, 0.717) is 5.56 Å². The van der Waals surface area contributed by atoms with Crippen LogP contribution in [0, 0.1) is 5.41 Å². The monoisotopic (exact) mass is 548 g/mol. The van der Waals surface area contributed by atoms with Crippen molar-refractivity contribution in [3.8, 4) is 28.5 Å². The summed E-state index contributed by atoms with van der Waals surface area (Å²) in [4.78, 5) is 34.7. The van der Waals surface area contributed by atoms with Gasteiger partial charge in [-0.05, 0) is 43.7 Å². The molecule has 1 heterocycles. The number of benzene rings is 2. The number of alkyl halides is 6. The van der Waals surface area contributed by atoms with Crippen LogP contribution in [0.2, 0.25) is 5.02 Å². The van der Waals surface area contributed by atoms with Gasteiger partial charge in [0.15, 0.2) is 12.4 Å². The van der Waals surface area contributed by atoms with Crippen LogP contribution >= 0.6 is 11.6 Å². The molecule has 0 unspecified atom stereocenters. The van der Waals surface area contributed by atoms with Crippen LogP contribution in [-0.2, 0) is 11.3 Å². The molecule has 1 aromatic heterocycles. The number of aromatic nitrogens is 3. The lowest BCUT2D eigenvalue weighted by atomic mass is 9.91.